The molecule has 1 aliphatic rings. The number of hydrogen-bond donors (Lipinski definition) is 0. The standard InChI is InChI=1S/C6H10N2O3S/c1-3-11-6(9)7-4-5-12-8(7)10-2/h4-5H,3H2,1-2H3. The van der Waals surface area contributed by atoms with Crippen molar-refractivity contribution in [2.75, 3.05) is 13.7 Å². The Bertz CT molecular complexity index is 197. The van der Waals surface area contributed by atoms with Crippen LogP contribution in [0, 0.1) is 0 Å². The summed E-state index contributed by atoms with van der Waals surface area (Å²) in [7, 11) is 1.48. The first kappa shape index (κ1) is 9.37. The Morgan fingerprint density at radius 1 is 1.67 bits per heavy atom. The van der Waals surface area contributed by atoms with Crippen molar-refractivity contribution in [3.05, 3.63) is 11.6 Å². The minimum atomic E-state index is -0.444. The van der Waals surface area contributed by atoms with Gasteiger partial charge < -0.3 is 4.74 Å². The molecule has 0 saturated carbocycles. The van der Waals surface area contributed by atoms with Crippen molar-refractivity contribution >= 4 is 18.0 Å². The van der Waals surface area contributed by atoms with Gasteiger partial charge in [-0.15, -0.1) is 0 Å². The molecule has 1 heterocycles. The van der Waals surface area contributed by atoms with Crippen molar-refractivity contribution in [3.8, 4) is 0 Å². The van der Waals surface area contributed by atoms with E-state index in [1.807, 2.05) is 0 Å². The zero-order valence-corrected chi connectivity index (χ0v) is 7.71. The Morgan fingerprint density at radius 3 is 3.00 bits per heavy atom. The van der Waals surface area contributed by atoms with Gasteiger partial charge in [0.1, 0.15) is 0 Å². The molecule has 1 aliphatic heterocycles. The first-order valence-corrected chi connectivity index (χ1v) is 4.26. The number of carbonyl (C=O) groups is 1. The third-order valence-corrected chi connectivity index (χ3v) is 1.89. The lowest BCUT2D eigenvalue weighted by Crippen LogP contribution is -2.35. The minimum absolute atomic E-state index is 0.353. The molecule has 0 aromatic carbocycles. The van der Waals surface area contributed by atoms with E-state index in [0.29, 0.717) is 6.61 Å². The molecule has 12 heavy (non-hydrogen) atoms. The third kappa shape index (κ3) is 1.90. The van der Waals surface area contributed by atoms with E-state index in [2.05, 4.69) is 0 Å². The second kappa shape index (κ2) is 4.34. The van der Waals surface area contributed by atoms with E-state index in [0.717, 1.165) is 0 Å². The number of carbonyl (C=O) groups excluding carboxylic acids is 1. The quantitative estimate of drug-likeness (QED) is 0.615. The fraction of sp³-hybridized carbons (Fsp3) is 0.500. The predicted molar refractivity (Wildman–Crippen MR) is 44.4 cm³/mol. The highest BCUT2D eigenvalue weighted by molar-refractivity contribution is 7.99. The minimum Gasteiger partial charge on any atom is -0.448 e. The summed E-state index contributed by atoms with van der Waals surface area (Å²) in [4.78, 5) is 16.0. The van der Waals surface area contributed by atoms with Gasteiger partial charge in [-0.25, -0.2) is 4.79 Å². The first-order chi connectivity index (χ1) is 5.79. The molecular weight excluding hydrogens is 180 g/mol. The zero-order chi connectivity index (χ0) is 8.97. The third-order valence-electron chi connectivity index (χ3n) is 1.14. The Balaban J connectivity index is 2.49. The topological polar surface area (TPSA) is 42.0 Å². The highest BCUT2D eigenvalue weighted by Gasteiger charge is 2.24. The number of ether oxygens (including phenoxy) is 1. The van der Waals surface area contributed by atoms with Gasteiger partial charge >= 0.3 is 6.09 Å². The normalized spacial score (nSPS) is 17.0. The van der Waals surface area contributed by atoms with Gasteiger partial charge in [0.2, 0.25) is 0 Å². The molecule has 1 amide bonds. The predicted octanol–water partition coefficient (Wildman–Crippen LogP) is 1.36. The first-order valence-electron chi connectivity index (χ1n) is 3.43. The van der Waals surface area contributed by atoms with E-state index in [4.69, 9.17) is 9.57 Å². The average Bonchev–Trinajstić information content (AvgIpc) is 2.51. The fourth-order valence-corrected chi connectivity index (χ4v) is 1.27. The Morgan fingerprint density at radius 2 is 2.42 bits per heavy atom. The smallest absolute Gasteiger partial charge is 0.431 e. The van der Waals surface area contributed by atoms with E-state index in [1.54, 1.807) is 18.5 Å². The summed E-state index contributed by atoms with van der Waals surface area (Å²) >= 11 is 1.26. The maximum absolute atomic E-state index is 11.1. The van der Waals surface area contributed by atoms with E-state index in [-0.39, 0.29) is 0 Å². The largest absolute Gasteiger partial charge is 0.448 e. The van der Waals surface area contributed by atoms with Crippen LogP contribution in [0.4, 0.5) is 4.79 Å². The number of amides is 1. The average molecular weight is 190 g/mol. The van der Waals surface area contributed by atoms with E-state index >= 15 is 0 Å². The molecule has 1 rings (SSSR count). The van der Waals surface area contributed by atoms with Crippen molar-refractivity contribution in [1.29, 1.82) is 0 Å². The molecular formula is C6H10N2O3S. The molecule has 0 aromatic heterocycles. The number of hydrogen-bond acceptors (Lipinski definition) is 5. The van der Waals surface area contributed by atoms with Gasteiger partial charge in [0.05, 0.1) is 13.7 Å². The summed E-state index contributed by atoms with van der Waals surface area (Å²) in [5.74, 6) is 0. The van der Waals surface area contributed by atoms with Crippen LogP contribution in [0.1, 0.15) is 6.92 Å². The molecule has 68 valence electrons. The summed E-state index contributed by atoms with van der Waals surface area (Å²) in [5.41, 5.74) is 0. The van der Waals surface area contributed by atoms with Crippen molar-refractivity contribution in [1.82, 2.24) is 9.59 Å². The summed E-state index contributed by atoms with van der Waals surface area (Å²) < 4.78 is 6.08. The van der Waals surface area contributed by atoms with Crippen molar-refractivity contribution in [2.45, 2.75) is 6.92 Å². The van der Waals surface area contributed by atoms with Crippen LogP contribution in [0.3, 0.4) is 0 Å². The van der Waals surface area contributed by atoms with Crippen molar-refractivity contribution in [2.24, 2.45) is 0 Å². The summed E-state index contributed by atoms with van der Waals surface area (Å²) in [6.07, 6.45) is 1.13. The number of nitrogens with zero attached hydrogens (tertiary/aromatic N) is 2. The van der Waals surface area contributed by atoms with Crippen LogP contribution in [-0.2, 0) is 9.57 Å². The summed E-state index contributed by atoms with van der Waals surface area (Å²) in [6.45, 7) is 2.10. The number of rotatable bonds is 2. The second-order valence-electron chi connectivity index (χ2n) is 1.85. The molecule has 0 unspecified atom stereocenters. The van der Waals surface area contributed by atoms with Crippen LogP contribution in [0.25, 0.3) is 0 Å². The van der Waals surface area contributed by atoms with Gasteiger partial charge in [-0.3, -0.25) is 4.84 Å². The fourth-order valence-electron chi connectivity index (χ4n) is 0.690. The lowest BCUT2D eigenvalue weighted by atomic mass is 10.8. The van der Waals surface area contributed by atoms with Gasteiger partial charge in [0.15, 0.2) is 0 Å². The van der Waals surface area contributed by atoms with Gasteiger partial charge in [0.25, 0.3) is 0 Å². The van der Waals surface area contributed by atoms with Gasteiger partial charge in [-0.2, -0.15) is 5.01 Å². The zero-order valence-electron chi connectivity index (χ0n) is 6.89. The Kier molecular flexibility index (Phi) is 3.39. The lowest BCUT2D eigenvalue weighted by molar-refractivity contribution is -0.144. The van der Waals surface area contributed by atoms with Crippen LogP contribution in [0.15, 0.2) is 11.6 Å². The monoisotopic (exact) mass is 190 g/mol. The maximum Gasteiger partial charge on any atom is 0.431 e. The van der Waals surface area contributed by atoms with Crippen LogP contribution >= 0.6 is 11.9 Å². The van der Waals surface area contributed by atoms with Crippen molar-refractivity contribution < 1.29 is 14.4 Å². The molecule has 0 radical (unpaired) electrons. The molecule has 6 heteroatoms. The maximum atomic E-state index is 11.1. The molecule has 5 nitrogen and oxygen atoms in total. The van der Waals surface area contributed by atoms with Gasteiger partial charge in [-0.05, 0) is 11.5 Å². The van der Waals surface area contributed by atoms with E-state index in [9.17, 15) is 4.79 Å². The van der Waals surface area contributed by atoms with Crippen LogP contribution in [0.2, 0.25) is 0 Å². The molecule has 0 bridgehead atoms. The SMILES string of the molecule is CCOC(=O)N1C=CSN1OC. The highest BCUT2D eigenvalue weighted by atomic mass is 32.2. The highest BCUT2D eigenvalue weighted by Crippen LogP contribution is 2.23. The van der Waals surface area contributed by atoms with Gasteiger partial charge in [-0.1, -0.05) is 0 Å². The summed E-state index contributed by atoms with van der Waals surface area (Å²) in [5, 5.41) is 2.97. The molecule has 0 aromatic rings. The van der Waals surface area contributed by atoms with Crippen LogP contribution < -0.4 is 0 Å². The van der Waals surface area contributed by atoms with E-state index < -0.39 is 6.09 Å². The van der Waals surface area contributed by atoms with Crippen molar-refractivity contribution in [3.63, 3.8) is 0 Å². The molecule has 0 N–H and O–H groups in total. The molecule has 0 spiro atoms. The van der Waals surface area contributed by atoms with E-state index in [1.165, 1.54) is 28.6 Å². The molecule has 0 aliphatic carbocycles. The molecule has 0 atom stereocenters. The Hall–Kier alpha value is -0.720. The van der Waals surface area contributed by atoms with Crippen LogP contribution in [0.5, 0.6) is 0 Å². The lowest BCUT2D eigenvalue weighted by Gasteiger charge is -2.21. The van der Waals surface area contributed by atoms with Gasteiger partial charge in [0, 0.05) is 23.6 Å². The van der Waals surface area contributed by atoms with Crippen LogP contribution in [-0.4, -0.2) is 29.4 Å². The molecule has 0 fully saturated rings. The molecule has 0 saturated heterocycles. The summed E-state index contributed by atoms with van der Waals surface area (Å²) in [6, 6.07) is 0. The second-order valence-corrected chi connectivity index (χ2v) is 2.65. The Labute approximate surface area is 75.0 Å². The number of hydrazine groups is 1.